The van der Waals surface area contributed by atoms with Crippen LogP contribution in [0.3, 0.4) is 0 Å². The number of hydrogen-bond acceptors (Lipinski definition) is 11. The average molecular weight is 552 g/mol. The van der Waals surface area contributed by atoms with Crippen LogP contribution in [0.15, 0.2) is 76.0 Å². The van der Waals surface area contributed by atoms with E-state index in [2.05, 4.69) is 37.5 Å². The highest BCUT2D eigenvalue weighted by molar-refractivity contribution is 8.00. The molecule has 0 aliphatic carbocycles. The zero-order valence-corrected chi connectivity index (χ0v) is 22.1. The molecule has 4 heterocycles. The van der Waals surface area contributed by atoms with Gasteiger partial charge >= 0.3 is 5.82 Å². The van der Waals surface area contributed by atoms with Gasteiger partial charge < -0.3 is 10.1 Å². The summed E-state index contributed by atoms with van der Waals surface area (Å²) in [5.74, 6) is 2.32. The van der Waals surface area contributed by atoms with Crippen LogP contribution < -0.4 is 0 Å². The summed E-state index contributed by atoms with van der Waals surface area (Å²) in [4.78, 5) is 20.4. The smallest absolute Gasteiger partial charge is 0.358 e. The largest absolute Gasteiger partial charge is 0.368 e. The van der Waals surface area contributed by atoms with Crippen molar-refractivity contribution in [1.82, 2.24) is 39.8 Å². The van der Waals surface area contributed by atoms with Crippen molar-refractivity contribution in [3.05, 3.63) is 82.3 Å². The molecule has 0 radical (unpaired) electrons. The van der Waals surface area contributed by atoms with Crippen molar-refractivity contribution in [3.8, 4) is 5.69 Å². The summed E-state index contributed by atoms with van der Waals surface area (Å²) in [7, 11) is 0. The van der Waals surface area contributed by atoms with Gasteiger partial charge in [-0.15, -0.1) is 28.6 Å². The molecule has 0 spiro atoms. The van der Waals surface area contributed by atoms with E-state index in [1.165, 1.54) is 15.6 Å². The molecule has 188 valence electrons. The number of tetrazole rings is 1. The topological polar surface area (TPSA) is 130 Å². The van der Waals surface area contributed by atoms with Crippen molar-refractivity contribution in [2.45, 2.75) is 34.2 Å². The maximum Gasteiger partial charge on any atom is 0.368 e. The minimum atomic E-state index is -0.479. The molecule has 14 heteroatoms. The molecule has 5 rings (SSSR count). The third kappa shape index (κ3) is 5.92. The van der Waals surface area contributed by atoms with E-state index in [9.17, 15) is 10.1 Å². The lowest BCUT2D eigenvalue weighted by Gasteiger charge is -2.10. The Hall–Kier alpha value is -3.49. The molecule has 37 heavy (non-hydrogen) atoms. The summed E-state index contributed by atoms with van der Waals surface area (Å²) in [6.45, 7) is 2.09. The van der Waals surface area contributed by atoms with Gasteiger partial charge in [-0.2, -0.15) is 4.68 Å². The lowest BCUT2D eigenvalue weighted by molar-refractivity contribution is -0.391. The van der Waals surface area contributed by atoms with Crippen LogP contribution in [0.2, 0.25) is 0 Å². The van der Waals surface area contributed by atoms with E-state index in [-0.39, 0.29) is 5.82 Å². The Morgan fingerprint density at radius 1 is 1.00 bits per heavy atom. The van der Waals surface area contributed by atoms with E-state index in [0.29, 0.717) is 11.4 Å². The fourth-order valence-electron chi connectivity index (χ4n) is 3.46. The van der Waals surface area contributed by atoms with E-state index >= 15 is 0 Å². The Morgan fingerprint density at radius 3 is 2.68 bits per heavy atom. The third-order valence-electron chi connectivity index (χ3n) is 5.34. The van der Waals surface area contributed by atoms with Gasteiger partial charge in [-0.3, -0.25) is 4.98 Å². The molecule has 0 aliphatic rings. The minimum Gasteiger partial charge on any atom is -0.358 e. The normalized spacial score (nSPS) is 11.3. The zero-order valence-electron chi connectivity index (χ0n) is 19.7. The maximum atomic E-state index is 11.1. The molecule has 0 N–H and O–H groups in total. The second-order valence-corrected chi connectivity index (χ2v) is 10.9. The number of hydrogen-bond donors (Lipinski definition) is 0. The number of nitro groups is 1. The first kappa shape index (κ1) is 25.2. The molecule has 5 aromatic rings. The molecule has 0 aliphatic heterocycles. The molecular weight excluding hydrogens is 531 g/mol. The number of imidazole rings is 1. The monoisotopic (exact) mass is 551 g/mol. The van der Waals surface area contributed by atoms with Crippen molar-refractivity contribution in [1.29, 1.82) is 0 Å². The standard InChI is InChI=1S/C23H21N9O2S3/c1-16-18(15-37-23-26-28-29-30(23)17-6-3-2-4-7-17)24-11-10-19(16)35-12-5-13-36-21-9-8-20-25-14-22(32(33)34)31(20)27-21/h2-4,6-11,14H,5,12-13,15H2,1H3. The number of nitrogens with zero attached hydrogens (tertiary/aromatic N) is 9. The molecular formula is C23H21N9O2S3. The number of thioether (sulfide) groups is 3. The number of pyridine rings is 1. The van der Waals surface area contributed by atoms with E-state index in [4.69, 9.17) is 0 Å². The summed E-state index contributed by atoms with van der Waals surface area (Å²) < 4.78 is 3.00. The van der Waals surface area contributed by atoms with Crippen molar-refractivity contribution in [3.63, 3.8) is 0 Å². The van der Waals surface area contributed by atoms with Crippen LogP contribution in [0.4, 0.5) is 5.82 Å². The van der Waals surface area contributed by atoms with Gasteiger partial charge in [0, 0.05) is 28.7 Å². The Morgan fingerprint density at radius 2 is 1.84 bits per heavy atom. The van der Waals surface area contributed by atoms with Crippen LogP contribution in [0, 0.1) is 17.0 Å². The van der Waals surface area contributed by atoms with Gasteiger partial charge in [-0.05, 0) is 64.3 Å². The fourth-order valence-corrected chi connectivity index (χ4v) is 6.36. The number of benzene rings is 1. The highest BCUT2D eigenvalue weighted by Gasteiger charge is 2.16. The van der Waals surface area contributed by atoms with E-state index in [1.54, 1.807) is 46.0 Å². The fraction of sp³-hybridized carbons (Fsp3) is 0.217. The van der Waals surface area contributed by atoms with Gasteiger partial charge in [-0.1, -0.05) is 39.6 Å². The molecule has 0 amide bonds. The first-order valence-corrected chi connectivity index (χ1v) is 14.2. The Bertz CT molecular complexity index is 1520. The van der Waals surface area contributed by atoms with Gasteiger partial charge in [0.1, 0.15) is 11.2 Å². The van der Waals surface area contributed by atoms with Crippen LogP contribution in [-0.2, 0) is 5.75 Å². The molecule has 11 nitrogen and oxygen atoms in total. The van der Waals surface area contributed by atoms with E-state index in [0.717, 1.165) is 45.1 Å². The zero-order chi connectivity index (χ0) is 25.6. The summed E-state index contributed by atoms with van der Waals surface area (Å²) >= 11 is 4.93. The molecule has 0 fully saturated rings. The van der Waals surface area contributed by atoms with E-state index < -0.39 is 4.92 Å². The quantitative estimate of drug-likeness (QED) is 0.0963. The first-order valence-electron chi connectivity index (χ1n) is 11.3. The summed E-state index contributed by atoms with van der Waals surface area (Å²) in [5, 5.41) is 29.0. The second-order valence-electron chi connectivity index (χ2n) is 7.74. The number of aromatic nitrogens is 8. The van der Waals surface area contributed by atoms with Gasteiger partial charge in [-0.25, -0.2) is 4.98 Å². The molecule has 0 saturated heterocycles. The van der Waals surface area contributed by atoms with Crippen molar-refractivity contribution < 1.29 is 4.92 Å². The Kier molecular flexibility index (Phi) is 7.96. The highest BCUT2D eigenvalue weighted by Crippen LogP contribution is 2.29. The first-order chi connectivity index (χ1) is 18.1. The van der Waals surface area contributed by atoms with Crippen molar-refractivity contribution >= 4 is 46.8 Å². The van der Waals surface area contributed by atoms with Gasteiger partial charge in [0.05, 0.1) is 11.4 Å². The Balaban J connectivity index is 1.13. The molecule has 1 aromatic carbocycles. The molecule has 0 unspecified atom stereocenters. The number of para-hydroxylation sites is 1. The third-order valence-corrected chi connectivity index (χ3v) is 8.52. The lowest BCUT2D eigenvalue weighted by atomic mass is 10.2. The molecule has 0 atom stereocenters. The SMILES string of the molecule is Cc1c(SCCCSc2ccc3ncc([N+](=O)[O-])n3n2)ccnc1CSc1nnnn1-c1ccccc1. The van der Waals surface area contributed by atoms with Gasteiger partial charge in [0.15, 0.2) is 0 Å². The van der Waals surface area contributed by atoms with Crippen molar-refractivity contribution in [2.24, 2.45) is 0 Å². The summed E-state index contributed by atoms with van der Waals surface area (Å²) in [5.41, 5.74) is 3.54. The highest BCUT2D eigenvalue weighted by atomic mass is 32.2. The van der Waals surface area contributed by atoms with E-state index in [1.807, 2.05) is 48.7 Å². The average Bonchev–Trinajstić information content (AvgIpc) is 3.56. The number of fused-ring (bicyclic) bond motifs is 1. The van der Waals surface area contributed by atoms with Crippen molar-refractivity contribution in [2.75, 3.05) is 11.5 Å². The maximum absolute atomic E-state index is 11.1. The summed E-state index contributed by atoms with van der Waals surface area (Å²) in [6.07, 6.45) is 4.03. The van der Waals surface area contributed by atoms with Gasteiger partial charge in [0.2, 0.25) is 10.8 Å². The van der Waals surface area contributed by atoms with Crippen LogP contribution >= 0.6 is 35.3 Å². The van der Waals surface area contributed by atoms with Gasteiger partial charge in [0.25, 0.3) is 0 Å². The predicted molar refractivity (Wildman–Crippen MR) is 143 cm³/mol. The molecule has 0 bridgehead atoms. The van der Waals surface area contributed by atoms with Crippen LogP contribution in [0.25, 0.3) is 11.3 Å². The van der Waals surface area contributed by atoms with Crippen LogP contribution in [0.1, 0.15) is 17.7 Å². The van der Waals surface area contributed by atoms with Crippen LogP contribution in [-0.4, -0.2) is 56.2 Å². The van der Waals surface area contributed by atoms with Crippen LogP contribution in [0.5, 0.6) is 0 Å². The second kappa shape index (κ2) is 11.7. The molecule has 0 saturated carbocycles. The minimum absolute atomic E-state index is 0.133. The summed E-state index contributed by atoms with van der Waals surface area (Å²) in [6, 6.07) is 15.4. The molecule has 4 aromatic heterocycles. The Labute approximate surface area is 224 Å². The predicted octanol–water partition coefficient (Wildman–Crippen LogP) is 4.88. The lowest BCUT2D eigenvalue weighted by Crippen LogP contribution is -2.00. The number of rotatable bonds is 11.